The van der Waals surface area contributed by atoms with Gasteiger partial charge in [0.2, 0.25) is 0 Å². The molecular formula is C20H21N3O3. The minimum absolute atomic E-state index is 0.196. The van der Waals surface area contributed by atoms with Gasteiger partial charge < -0.3 is 10.4 Å². The summed E-state index contributed by atoms with van der Waals surface area (Å²) in [5.41, 5.74) is 2.64. The minimum atomic E-state index is -0.970. The van der Waals surface area contributed by atoms with E-state index in [1.807, 2.05) is 49.4 Å². The molecule has 0 radical (unpaired) electrons. The van der Waals surface area contributed by atoms with Gasteiger partial charge in [-0.3, -0.25) is 14.3 Å². The van der Waals surface area contributed by atoms with Crippen LogP contribution in [0.1, 0.15) is 39.8 Å². The molecule has 0 aliphatic rings. The van der Waals surface area contributed by atoms with Gasteiger partial charge in [-0.05, 0) is 30.2 Å². The quantitative estimate of drug-likeness (QED) is 0.740. The number of rotatable bonds is 5. The van der Waals surface area contributed by atoms with Crippen LogP contribution in [0.25, 0.3) is 10.8 Å². The molecule has 3 aromatic rings. The number of nitrogens with zero attached hydrogens (tertiary/aromatic N) is 2. The van der Waals surface area contributed by atoms with Crippen molar-refractivity contribution in [1.82, 2.24) is 15.1 Å². The Hall–Kier alpha value is -3.15. The fourth-order valence-corrected chi connectivity index (χ4v) is 3.30. The van der Waals surface area contributed by atoms with Crippen LogP contribution in [0.15, 0.2) is 42.5 Å². The first-order valence-electron chi connectivity index (χ1n) is 8.39. The Morgan fingerprint density at radius 1 is 1.15 bits per heavy atom. The maximum Gasteiger partial charge on any atom is 0.305 e. The van der Waals surface area contributed by atoms with Gasteiger partial charge in [-0.25, -0.2) is 0 Å². The lowest BCUT2D eigenvalue weighted by molar-refractivity contribution is -0.137. The zero-order chi connectivity index (χ0) is 18.8. The van der Waals surface area contributed by atoms with E-state index < -0.39 is 12.0 Å². The fraction of sp³-hybridized carbons (Fsp3) is 0.250. The Bertz CT molecular complexity index is 986. The predicted molar refractivity (Wildman–Crippen MR) is 99.1 cm³/mol. The number of nitrogens with one attached hydrogen (secondary N) is 1. The lowest BCUT2D eigenvalue weighted by Crippen LogP contribution is -2.31. The van der Waals surface area contributed by atoms with E-state index in [4.69, 9.17) is 0 Å². The van der Waals surface area contributed by atoms with Crippen molar-refractivity contribution in [2.45, 2.75) is 26.3 Å². The van der Waals surface area contributed by atoms with E-state index in [1.54, 1.807) is 18.7 Å². The van der Waals surface area contributed by atoms with Gasteiger partial charge in [-0.15, -0.1) is 0 Å². The molecule has 134 valence electrons. The molecule has 0 aliphatic carbocycles. The van der Waals surface area contributed by atoms with Gasteiger partial charge in [0, 0.05) is 12.7 Å². The van der Waals surface area contributed by atoms with Crippen LogP contribution in [0.3, 0.4) is 0 Å². The fourth-order valence-electron chi connectivity index (χ4n) is 3.30. The van der Waals surface area contributed by atoms with Gasteiger partial charge in [-0.2, -0.15) is 5.10 Å². The number of aryl methyl sites for hydroxylation is 2. The lowest BCUT2D eigenvalue weighted by atomic mass is 9.96. The molecule has 0 bridgehead atoms. The average molecular weight is 351 g/mol. The molecule has 1 aromatic heterocycles. The number of aromatic nitrogens is 2. The Morgan fingerprint density at radius 3 is 2.50 bits per heavy atom. The largest absolute Gasteiger partial charge is 0.481 e. The minimum Gasteiger partial charge on any atom is -0.481 e. The molecule has 26 heavy (non-hydrogen) atoms. The first-order chi connectivity index (χ1) is 12.4. The van der Waals surface area contributed by atoms with Gasteiger partial charge in [0.1, 0.15) is 0 Å². The summed E-state index contributed by atoms with van der Waals surface area (Å²) >= 11 is 0. The van der Waals surface area contributed by atoms with Crippen LogP contribution >= 0.6 is 0 Å². The van der Waals surface area contributed by atoms with Crippen molar-refractivity contribution in [2.24, 2.45) is 7.05 Å². The lowest BCUT2D eigenvalue weighted by Gasteiger charge is -2.19. The smallest absolute Gasteiger partial charge is 0.305 e. The zero-order valence-electron chi connectivity index (χ0n) is 15.0. The van der Waals surface area contributed by atoms with E-state index >= 15 is 0 Å². The van der Waals surface area contributed by atoms with Gasteiger partial charge in [0.25, 0.3) is 5.91 Å². The highest BCUT2D eigenvalue weighted by molar-refractivity contribution is 5.97. The summed E-state index contributed by atoms with van der Waals surface area (Å²) in [5, 5.41) is 18.4. The van der Waals surface area contributed by atoms with E-state index in [0.29, 0.717) is 11.3 Å². The summed E-state index contributed by atoms with van der Waals surface area (Å²) in [4.78, 5) is 24.3. The highest BCUT2D eigenvalue weighted by Crippen LogP contribution is 2.27. The number of carboxylic acids is 1. The summed E-state index contributed by atoms with van der Waals surface area (Å²) < 4.78 is 1.65. The molecule has 0 aliphatic heterocycles. The molecule has 6 heteroatoms. The van der Waals surface area contributed by atoms with Crippen molar-refractivity contribution in [3.8, 4) is 0 Å². The van der Waals surface area contributed by atoms with E-state index in [0.717, 1.165) is 22.0 Å². The van der Waals surface area contributed by atoms with Crippen LogP contribution in [-0.2, 0) is 11.8 Å². The molecule has 2 aromatic carbocycles. The molecule has 1 amide bonds. The Labute approximate surface area is 151 Å². The molecular weight excluding hydrogens is 330 g/mol. The van der Waals surface area contributed by atoms with E-state index in [1.165, 1.54) is 0 Å². The number of benzene rings is 2. The number of carboxylic acid groups (broad SMARTS) is 1. The molecule has 1 heterocycles. The molecule has 0 fully saturated rings. The Balaban J connectivity index is 2.01. The summed E-state index contributed by atoms with van der Waals surface area (Å²) in [6, 6.07) is 12.8. The second-order valence-electron chi connectivity index (χ2n) is 6.36. The first kappa shape index (κ1) is 17.7. The molecule has 0 saturated heterocycles. The number of carbonyl (C=O) groups is 2. The SMILES string of the molecule is Cc1nn(C)c(C)c1C(=O)N[C@H](CC(=O)O)c1cccc2ccccc12. The molecule has 1 atom stereocenters. The maximum absolute atomic E-state index is 12.8. The van der Waals surface area contributed by atoms with Crippen molar-refractivity contribution in [2.75, 3.05) is 0 Å². The number of amides is 1. The number of hydrogen-bond donors (Lipinski definition) is 2. The van der Waals surface area contributed by atoms with Crippen LogP contribution in [0.2, 0.25) is 0 Å². The van der Waals surface area contributed by atoms with Crippen molar-refractivity contribution in [1.29, 1.82) is 0 Å². The van der Waals surface area contributed by atoms with Crippen LogP contribution in [0.4, 0.5) is 0 Å². The monoisotopic (exact) mass is 351 g/mol. The van der Waals surface area contributed by atoms with Crippen LogP contribution < -0.4 is 5.32 Å². The second kappa shape index (κ2) is 7.00. The molecule has 0 unspecified atom stereocenters. The van der Waals surface area contributed by atoms with Crippen molar-refractivity contribution in [3.05, 3.63) is 65.0 Å². The molecule has 2 N–H and O–H groups in total. The Kier molecular flexibility index (Phi) is 4.75. The maximum atomic E-state index is 12.8. The molecule has 0 saturated carbocycles. The van der Waals surface area contributed by atoms with Crippen molar-refractivity contribution in [3.63, 3.8) is 0 Å². The van der Waals surface area contributed by atoms with Gasteiger partial charge >= 0.3 is 5.97 Å². The summed E-state index contributed by atoms with van der Waals surface area (Å²) in [6.45, 7) is 3.59. The predicted octanol–water partition coefficient (Wildman–Crippen LogP) is 3.14. The summed E-state index contributed by atoms with van der Waals surface area (Å²) in [7, 11) is 1.78. The van der Waals surface area contributed by atoms with Crippen molar-refractivity contribution >= 4 is 22.6 Å². The standard InChI is InChI=1S/C20H21N3O3/c1-12-19(13(2)23(3)22-12)20(26)21-17(11-18(24)25)16-10-6-8-14-7-4-5-9-15(14)16/h4-10,17H,11H2,1-3H3,(H,21,26)(H,24,25)/t17-/m1/s1. The van der Waals surface area contributed by atoms with Crippen LogP contribution in [-0.4, -0.2) is 26.8 Å². The van der Waals surface area contributed by atoms with E-state index in [-0.39, 0.29) is 12.3 Å². The third-order valence-electron chi connectivity index (χ3n) is 4.62. The second-order valence-corrected chi connectivity index (χ2v) is 6.36. The average Bonchev–Trinajstić information content (AvgIpc) is 2.85. The number of carbonyl (C=O) groups excluding carboxylic acids is 1. The molecule has 3 rings (SSSR count). The van der Waals surface area contributed by atoms with E-state index in [2.05, 4.69) is 10.4 Å². The molecule has 0 spiro atoms. The number of fused-ring (bicyclic) bond motifs is 1. The Morgan fingerprint density at radius 2 is 1.85 bits per heavy atom. The van der Waals surface area contributed by atoms with Crippen LogP contribution in [0, 0.1) is 13.8 Å². The zero-order valence-corrected chi connectivity index (χ0v) is 15.0. The van der Waals surface area contributed by atoms with Gasteiger partial charge in [0.05, 0.1) is 23.7 Å². The summed E-state index contributed by atoms with van der Waals surface area (Å²) in [6.07, 6.45) is -0.196. The normalized spacial score (nSPS) is 12.1. The topological polar surface area (TPSA) is 84.2 Å². The highest BCUT2D eigenvalue weighted by Gasteiger charge is 2.24. The van der Waals surface area contributed by atoms with E-state index in [9.17, 15) is 14.7 Å². The summed E-state index contributed by atoms with van der Waals surface area (Å²) in [5.74, 6) is -1.28. The van der Waals surface area contributed by atoms with Gasteiger partial charge in [0.15, 0.2) is 0 Å². The highest BCUT2D eigenvalue weighted by atomic mass is 16.4. The van der Waals surface area contributed by atoms with Crippen molar-refractivity contribution < 1.29 is 14.7 Å². The molecule has 6 nitrogen and oxygen atoms in total. The van der Waals surface area contributed by atoms with Crippen LogP contribution in [0.5, 0.6) is 0 Å². The third-order valence-corrected chi connectivity index (χ3v) is 4.62. The number of hydrogen-bond acceptors (Lipinski definition) is 3. The van der Waals surface area contributed by atoms with Gasteiger partial charge in [-0.1, -0.05) is 42.5 Å². The number of aliphatic carboxylic acids is 1. The first-order valence-corrected chi connectivity index (χ1v) is 8.39. The third kappa shape index (κ3) is 3.31.